The highest BCUT2D eigenvalue weighted by Gasteiger charge is 2.37. The highest BCUT2D eigenvalue weighted by molar-refractivity contribution is 9.10. The van der Waals surface area contributed by atoms with Crippen molar-refractivity contribution in [3.63, 3.8) is 0 Å². The molecule has 1 aromatic rings. The molecule has 0 spiro atoms. The molecule has 2 aliphatic heterocycles. The van der Waals surface area contributed by atoms with Gasteiger partial charge in [0.1, 0.15) is 5.76 Å². The standard InChI is InChI=1S/C13H19BrN2O2/c1-15-12(13-10(14)4-6-17-13)11-7-16-5-2-3-9(16)8-18-11/h4,6,9,11-12,15H,2-3,5,7-8H2,1H3. The second-order valence-electron chi connectivity index (χ2n) is 5.06. The van der Waals surface area contributed by atoms with Gasteiger partial charge in [0.25, 0.3) is 0 Å². The first-order chi connectivity index (χ1) is 8.79. The lowest BCUT2D eigenvalue weighted by atomic mass is 10.1. The van der Waals surface area contributed by atoms with E-state index in [1.54, 1.807) is 6.26 Å². The molecule has 3 heterocycles. The van der Waals surface area contributed by atoms with Gasteiger partial charge in [0.2, 0.25) is 0 Å². The van der Waals surface area contributed by atoms with E-state index in [-0.39, 0.29) is 12.1 Å². The van der Waals surface area contributed by atoms with Gasteiger partial charge in [-0.3, -0.25) is 4.90 Å². The van der Waals surface area contributed by atoms with Crippen LogP contribution in [0.4, 0.5) is 0 Å². The van der Waals surface area contributed by atoms with Crippen molar-refractivity contribution in [3.8, 4) is 0 Å². The molecule has 5 heteroatoms. The zero-order valence-electron chi connectivity index (χ0n) is 10.6. The molecular weight excluding hydrogens is 296 g/mol. The van der Waals surface area contributed by atoms with E-state index >= 15 is 0 Å². The number of ether oxygens (including phenoxy) is 1. The lowest BCUT2D eigenvalue weighted by molar-refractivity contribution is -0.0671. The minimum Gasteiger partial charge on any atom is -0.466 e. The maximum absolute atomic E-state index is 6.04. The van der Waals surface area contributed by atoms with Crippen LogP contribution < -0.4 is 5.32 Å². The Balaban J connectivity index is 1.74. The van der Waals surface area contributed by atoms with Gasteiger partial charge in [0.05, 0.1) is 29.5 Å². The first-order valence-corrected chi connectivity index (χ1v) is 7.34. The SMILES string of the molecule is CNC(c1occc1Br)C1CN2CCCC2CO1. The van der Waals surface area contributed by atoms with Crippen LogP contribution >= 0.6 is 15.9 Å². The number of hydrogen-bond donors (Lipinski definition) is 1. The summed E-state index contributed by atoms with van der Waals surface area (Å²) in [6.45, 7) is 3.05. The van der Waals surface area contributed by atoms with Crippen molar-refractivity contribution >= 4 is 15.9 Å². The summed E-state index contributed by atoms with van der Waals surface area (Å²) in [4.78, 5) is 2.55. The van der Waals surface area contributed by atoms with Crippen LogP contribution in [-0.4, -0.2) is 43.8 Å². The predicted octanol–water partition coefficient (Wildman–Crippen LogP) is 2.17. The Morgan fingerprint density at radius 3 is 3.17 bits per heavy atom. The average molecular weight is 315 g/mol. The first kappa shape index (κ1) is 12.7. The molecule has 1 aromatic heterocycles. The van der Waals surface area contributed by atoms with E-state index in [0.29, 0.717) is 6.04 Å². The lowest BCUT2D eigenvalue weighted by Gasteiger charge is -2.38. The van der Waals surface area contributed by atoms with Crippen molar-refractivity contribution in [2.45, 2.75) is 31.0 Å². The van der Waals surface area contributed by atoms with Crippen molar-refractivity contribution < 1.29 is 9.15 Å². The zero-order chi connectivity index (χ0) is 12.5. The summed E-state index contributed by atoms with van der Waals surface area (Å²) in [7, 11) is 1.96. The van der Waals surface area contributed by atoms with Crippen LogP contribution in [0, 0.1) is 0 Å². The van der Waals surface area contributed by atoms with Gasteiger partial charge >= 0.3 is 0 Å². The quantitative estimate of drug-likeness (QED) is 0.928. The molecule has 2 aliphatic rings. The van der Waals surface area contributed by atoms with E-state index in [1.165, 1.54) is 19.4 Å². The fourth-order valence-electron chi connectivity index (χ4n) is 3.06. The smallest absolute Gasteiger partial charge is 0.137 e. The van der Waals surface area contributed by atoms with Gasteiger partial charge in [-0.2, -0.15) is 0 Å². The molecule has 0 aromatic carbocycles. The van der Waals surface area contributed by atoms with Gasteiger partial charge in [-0.15, -0.1) is 0 Å². The molecule has 1 N–H and O–H groups in total. The predicted molar refractivity (Wildman–Crippen MR) is 72.5 cm³/mol. The van der Waals surface area contributed by atoms with Crippen LogP contribution in [0.15, 0.2) is 21.2 Å². The highest BCUT2D eigenvalue weighted by Crippen LogP contribution is 2.32. The number of hydrogen-bond acceptors (Lipinski definition) is 4. The third-order valence-corrected chi connectivity index (χ3v) is 4.68. The molecule has 100 valence electrons. The summed E-state index contributed by atoms with van der Waals surface area (Å²) in [5, 5.41) is 3.32. The lowest BCUT2D eigenvalue weighted by Crippen LogP contribution is -2.50. The molecule has 0 amide bonds. The van der Waals surface area contributed by atoms with Gasteiger partial charge in [-0.05, 0) is 48.4 Å². The number of fused-ring (bicyclic) bond motifs is 1. The Morgan fingerprint density at radius 2 is 2.44 bits per heavy atom. The molecule has 0 aliphatic carbocycles. The topological polar surface area (TPSA) is 37.6 Å². The zero-order valence-corrected chi connectivity index (χ0v) is 12.1. The minimum absolute atomic E-state index is 0.107. The maximum atomic E-state index is 6.04. The van der Waals surface area contributed by atoms with Gasteiger partial charge in [-0.1, -0.05) is 0 Å². The second-order valence-corrected chi connectivity index (χ2v) is 5.92. The fraction of sp³-hybridized carbons (Fsp3) is 0.692. The monoisotopic (exact) mass is 314 g/mol. The summed E-state index contributed by atoms with van der Waals surface area (Å²) < 4.78 is 12.6. The summed E-state index contributed by atoms with van der Waals surface area (Å²) in [5.41, 5.74) is 0. The van der Waals surface area contributed by atoms with Gasteiger partial charge < -0.3 is 14.5 Å². The molecular formula is C13H19BrN2O2. The second kappa shape index (κ2) is 5.33. The van der Waals surface area contributed by atoms with Gasteiger partial charge in [0, 0.05) is 12.6 Å². The molecule has 0 saturated carbocycles. The van der Waals surface area contributed by atoms with Crippen LogP contribution in [0.25, 0.3) is 0 Å². The molecule has 3 unspecified atom stereocenters. The fourth-order valence-corrected chi connectivity index (χ4v) is 3.51. The first-order valence-electron chi connectivity index (χ1n) is 6.55. The normalized spacial score (nSPS) is 30.3. The van der Waals surface area contributed by atoms with Crippen LogP contribution in [0.5, 0.6) is 0 Å². The van der Waals surface area contributed by atoms with Crippen molar-refractivity contribution in [1.82, 2.24) is 10.2 Å². The van der Waals surface area contributed by atoms with Gasteiger partial charge in [0.15, 0.2) is 0 Å². The molecule has 3 rings (SSSR count). The number of morpholine rings is 1. The van der Waals surface area contributed by atoms with Crippen LogP contribution in [0.2, 0.25) is 0 Å². The Labute approximate surface area is 116 Å². The third-order valence-electron chi connectivity index (χ3n) is 4.03. The van der Waals surface area contributed by atoms with Gasteiger partial charge in [-0.25, -0.2) is 0 Å². The van der Waals surface area contributed by atoms with E-state index in [0.717, 1.165) is 23.4 Å². The molecule has 2 fully saturated rings. The molecule has 0 bridgehead atoms. The van der Waals surface area contributed by atoms with E-state index in [2.05, 4.69) is 26.1 Å². The Morgan fingerprint density at radius 1 is 1.56 bits per heavy atom. The Bertz CT molecular complexity index is 409. The number of halogens is 1. The number of likely N-dealkylation sites (N-methyl/N-ethyl adjacent to an activating group) is 1. The molecule has 3 atom stereocenters. The Hall–Kier alpha value is -0.360. The summed E-state index contributed by atoms with van der Waals surface area (Å²) in [5.74, 6) is 0.931. The largest absolute Gasteiger partial charge is 0.466 e. The van der Waals surface area contributed by atoms with Crippen molar-refractivity contribution in [2.75, 3.05) is 26.7 Å². The Kier molecular flexibility index (Phi) is 3.75. The summed E-state index contributed by atoms with van der Waals surface area (Å²) >= 11 is 3.53. The average Bonchev–Trinajstić information content (AvgIpc) is 2.99. The van der Waals surface area contributed by atoms with Crippen molar-refractivity contribution in [3.05, 3.63) is 22.6 Å². The third kappa shape index (κ3) is 2.25. The number of nitrogens with one attached hydrogen (secondary N) is 1. The minimum atomic E-state index is 0.107. The molecule has 18 heavy (non-hydrogen) atoms. The van der Waals surface area contributed by atoms with E-state index < -0.39 is 0 Å². The number of furan rings is 1. The van der Waals surface area contributed by atoms with Crippen LogP contribution in [0.3, 0.4) is 0 Å². The van der Waals surface area contributed by atoms with E-state index in [9.17, 15) is 0 Å². The number of nitrogens with zero attached hydrogens (tertiary/aromatic N) is 1. The van der Waals surface area contributed by atoms with Crippen molar-refractivity contribution in [2.24, 2.45) is 0 Å². The van der Waals surface area contributed by atoms with Crippen LogP contribution in [0.1, 0.15) is 24.6 Å². The number of rotatable bonds is 3. The van der Waals surface area contributed by atoms with E-state index in [4.69, 9.17) is 9.15 Å². The molecule has 0 radical (unpaired) electrons. The summed E-state index contributed by atoms with van der Waals surface area (Å²) in [6, 6.07) is 2.68. The maximum Gasteiger partial charge on any atom is 0.137 e. The van der Waals surface area contributed by atoms with Crippen molar-refractivity contribution in [1.29, 1.82) is 0 Å². The molecule has 4 nitrogen and oxygen atoms in total. The van der Waals surface area contributed by atoms with E-state index in [1.807, 2.05) is 13.1 Å². The highest BCUT2D eigenvalue weighted by atomic mass is 79.9. The summed E-state index contributed by atoms with van der Waals surface area (Å²) in [6.07, 6.45) is 4.45. The molecule has 2 saturated heterocycles. The van der Waals surface area contributed by atoms with Crippen LogP contribution in [-0.2, 0) is 4.74 Å².